The van der Waals surface area contributed by atoms with Crippen LogP contribution in [0.5, 0.6) is 5.75 Å². The van der Waals surface area contributed by atoms with Crippen molar-refractivity contribution in [1.29, 1.82) is 0 Å². The third kappa shape index (κ3) is 6.18. The summed E-state index contributed by atoms with van der Waals surface area (Å²) in [7, 11) is 1.45. The number of hydrogen-bond acceptors (Lipinski definition) is 4. The molecule has 0 bridgehead atoms. The van der Waals surface area contributed by atoms with Crippen LogP contribution in [0, 0.1) is 0 Å². The predicted molar refractivity (Wildman–Crippen MR) is 125 cm³/mol. The van der Waals surface area contributed by atoms with Crippen molar-refractivity contribution in [3.63, 3.8) is 0 Å². The molecular weight excluding hydrogens is 426 g/mol. The molecule has 32 heavy (non-hydrogen) atoms. The van der Waals surface area contributed by atoms with Gasteiger partial charge >= 0.3 is 6.03 Å². The molecule has 8 heteroatoms. The van der Waals surface area contributed by atoms with Crippen molar-refractivity contribution in [1.82, 2.24) is 10.0 Å². The Balaban J connectivity index is 1.77. The number of carbonyl (C=O) groups is 2. The van der Waals surface area contributed by atoms with E-state index in [0.717, 1.165) is 5.56 Å². The number of urea groups is 1. The number of rotatable bonds is 8. The Morgan fingerprint density at radius 3 is 2.28 bits per heavy atom. The number of anilines is 1. The summed E-state index contributed by atoms with van der Waals surface area (Å²) in [5, 5.41) is 2.68. The lowest BCUT2D eigenvalue weighted by Gasteiger charge is -2.25. The standard InChI is InChI=1S/C24H25N3O4S/c1-27(19-12-9-13-20(17-19)31-2)23(28)22(16-18-10-5-3-6-11-18)25-24(29)26-32(30)21-14-7-4-8-15-21/h3-15,17,22H,16H2,1-2H3,(H2,25,26,29). The topological polar surface area (TPSA) is 87.7 Å². The molecule has 0 spiro atoms. The number of methoxy groups -OCH3 is 1. The molecule has 2 atom stereocenters. The van der Waals surface area contributed by atoms with Gasteiger partial charge in [0.1, 0.15) is 11.8 Å². The first-order valence-corrected chi connectivity index (χ1v) is 11.1. The lowest BCUT2D eigenvalue weighted by Crippen LogP contribution is -2.51. The number of ether oxygens (including phenoxy) is 1. The van der Waals surface area contributed by atoms with Crippen LogP contribution in [0.4, 0.5) is 10.5 Å². The van der Waals surface area contributed by atoms with Crippen LogP contribution in [0.15, 0.2) is 89.8 Å². The SMILES string of the molecule is COc1cccc(N(C)C(=O)C(Cc2ccccc2)NC(=O)NS(=O)c2ccccc2)c1. The van der Waals surface area contributed by atoms with Gasteiger partial charge in [0.05, 0.1) is 12.0 Å². The first kappa shape index (κ1) is 23.0. The van der Waals surface area contributed by atoms with Crippen LogP contribution < -0.4 is 19.7 Å². The molecule has 3 amide bonds. The minimum Gasteiger partial charge on any atom is -0.497 e. The number of amides is 3. The fourth-order valence-corrected chi connectivity index (χ4v) is 3.85. The Bertz CT molecular complexity index is 1080. The minimum absolute atomic E-state index is 0.277. The van der Waals surface area contributed by atoms with Crippen LogP contribution in [0.3, 0.4) is 0 Å². The van der Waals surface area contributed by atoms with Gasteiger partial charge in [0.15, 0.2) is 11.0 Å². The Hall–Kier alpha value is -3.65. The number of hydrogen-bond donors (Lipinski definition) is 2. The van der Waals surface area contributed by atoms with E-state index in [2.05, 4.69) is 10.0 Å². The molecule has 0 aliphatic carbocycles. The van der Waals surface area contributed by atoms with Crippen LogP contribution in [0.1, 0.15) is 5.56 Å². The highest BCUT2D eigenvalue weighted by atomic mass is 32.2. The number of carbonyl (C=O) groups excluding carboxylic acids is 2. The molecule has 7 nitrogen and oxygen atoms in total. The molecule has 0 aliphatic heterocycles. The van der Waals surface area contributed by atoms with Gasteiger partial charge in [-0.25, -0.2) is 9.00 Å². The van der Waals surface area contributed by atoms with E-state index in [1.165, 1.54) is 4.90 Å². The average Bonchev–Trinajstić information content (AvgIpc) is 2.83. The Morgan fingerprint density at radius 1 is 0.969 bits per heavy atom. The normalized spacial score (nSPS) is 12.3. The first-order valence-electron chi connectivity index (χ1n) is 9.97. The molecule has 2 N–H and O–H groups in total. The zero-order chi connectivity index (χ0) is 22.9. The molecule has 0 saturated heterocycles. The highest BCUT2D eigenvalue weighted by Crippen LogP contribution is 2.21. The second kappa shape index (κ2) is 11.1. The fraction of sp³-hybridized carbons (Fsp3) is 0.167. The summed E-state index contributed by atoms with van der Waals surface area (Å²) in [6.07, 6.45) is 0.277. The van der Waals surface area contributed by atoms with Crippen molar-refractivity contribution < 1.29 is 18.5 Å². The fourth-order valence-electron chi connectivity index (χ4n) is 3.10. The zero-order valence-electron chi connectivity index (χ0n) is 17.9. The van der Waals surface area contributed by atoms with E-state index in [9.17, 15) is 13.8 Å². The number of nitrogens with one attached hydrogen (secondary N) is 2. The summed E-state index contributed by atoms with van der Waals surface area (Å²) in [5.74, 6) is 0.300. The molecule has 2 unspecified atom stereocenters. The average molecular weight is 452 g/mol. The lowest BCUT2D eigenvalue weighted by molar-refractivity contribution is -0.120. The van der Waals surface area contributed by atoms with Crippen LogP contribution in [0.25, 0.3) is 0 Å². The molecule has 3 aromatic carbocycles. The van der Waals surface area contributed by atoms with Gasteiger partial charge in [0.25, 0.3) is 0 Å². The molecule has 0 aromatic heterocycles. The van der Waals surface area contributed by atoms with Gasteiger partial charge in [-0.1, -0.05) is 54.6 Å². The summed E-state index contributed by atoms with van der Waals surface area (Å²) in [6.45, 7) is 0. The van der Waals surface area contributed by atoms with Crippen molar-refractivity contribution in [3.8, 4) is 5.75 Å². The second-order valence-corrected chi connectivity index (χ2v) is 8.21. The number of nitrogens with zero attached hydrogens (tertiary/aromatic N) is 1. The molecule has 3 aromatic rings. The minimum atomic E-state index is -1.74. The van der Waals surface area contributed by atoms with Gasteiger partial charge in [0, 0.05) is 25.2 Å². The summed E-state index contributed by atoms with van der Waals surface area (Å²) in [6, 6.07) is 23.5. The Morgan fingerprint density at radius 2 is 1.62 bits per heavy atom. The van der Waals surface area contributed by atoms with Crippen molar-refractivity contribution in [2.24, 2.45) is 0 Å². The third-order valence-corrected chi connectivity index (χ3v) is 5.87. The molecule has 0 aliphatic rings. The molecule has 3 rings (SSSR count). The predicted octanol–water partition coefficient (Wildman–Crippen LogP) is 3.29. The smallest absolute Gasteiger partial charge is 0.327 e. The van der Waals surface area contributed by atoms with Crippen molar-refractivity contribution in [2.45, 2.75) is 17.4 Å². The van der Waals surface area contributed by atoms with Gasteiger partial charge in [-0.15, -0.1) is 0 Å². The maximum atomic E-state index is 13.3. The Kier molecular flexibility index (Phi) is 7.99. The molecule has 0 radical (unpaired) electrons. The first-order chi connectivity index (χ1) is 15.5. The van der Waals surface area contributed by atoms with Crippen LogP contribution >= 0.6 is 0 Å². The third-order valence-electron chi connectivity index (χ3n) is 4.80. The van der Waals surface area contributed by atoms with Gasteiger partial charge in [0.2, 0.25) is 5.91 Å². The highest BCUT2D eigenvalue weighted by molar-refractivity contribution is 7.83. The largest absolute Gasteiger partial charge is 0.497 e. The molecule has 0 saturated carbocycles. The zero-order valence-corrected chi connectivity index (χ0v) is 18.7. The van der Waals surface area contributed by atoms with Crippen LogP contribution in [-0.4, -0.2) is 36.3 Å². The second-order valence-electron chi connectivity index (χ2n) is 7.00. The van der Waals surface area contributed by atoms with Crippen molar-refractivity contribution >= 4 is 28.6 Å². The van der Waals surface area contributed by atoms with E-state index in [1.807, 2.05) is 30.3 Å². The van der Waals surface area contributed by atoms with E-state index in [1.54, 1.807) is 68.8 Å². The number of benzene rings is 3. The summed E-state index contributed by atoms with van der Waals surface area (Å²) in [5.41, 5.74) is 1.51. The van der Waals surface area contributed by atoms with Crippen molar-refractivity contribution in [3.05, 3.63) is 90.5 Å². The quantitative estimate of drug-likeness (QED) is 0.550. The maximum Gasteiger partial charge on any atom is 0.327 e. The van der Waals surface area contributed by atoms with E-state index in [4.69, 9.17) is 4.74 Å². The van der Waals surface area contributed by atoms with E-state index < -0.39 is 23.1 Å². The molecule has 166 valence electrons. The van der Waals surface area contributed by atoms with E-state index in [-0.39, 0.29) is 12.3 Å². The lowest BCUT2D eigenvalue weighted by atomic mass is 10.0. The monoisotopic (exact) mass is 451 g/mol. The molecule has 0 heterocycles. The molecular formula is C24H25N3O4S. The Labute approximate surface area is 190 Å². The van der Waals surface area contributed by atoms with Gasteiger partial charge in [-0.3, -0.25) is 9.52 Å². The number of likely N-dealkylation sites (N-methyl/N-ethyl adjacent to an activating group) is 1. The van der Waals surface area contributed by atoms with Gasteiger partial charge in [-0.2, -0.15) is 0 Å². The van der Waals surface area contributed by atoms with Gasteiger partial charge < -0.3 is 15.0 Å². The summed E-state index contributed by atoms with van der Waals surface area (Å²) < 4.78 is 20.1. The summed E-state index contributed by atoms with van der Waals surface area (Å²) in [4.78, 5) is 27.8. The van der Waals surface area contributed by atoms with Crippen molar-refractivity contribution in [2.75, 3.05) is 19.1 Å². The van der Waals surface area contributed by atoms with Crippen LogP contribution in [0.2, 0.25) is 0 Å². The van der Waals surface area contributed by atoms with E-state index in [0.29, 0.717) is 16.3 Å². The van der Waals surface area contributed by atoms with Gasteiger partial charge in [-0.05, 0) is 29.8 Å². The summed E-state index contributed by atoms with van der Waals surface area (Å²) >= 11 is 0. The van der Waals surface area contributed by atoms with Crippen LogP contribution in [-0.2, 0) is 22.2 Å². The highest BCUT2D eigenvalue weighted by Gasteiger charge is 2.26. The molecule has 0 fully saturated rings. The maximum absolute atomic E-state index is 13.3. The van der Waals surface area contributed by atoms with E-state index >= 15 is 0 Å².